The third-order valence-electron chi connectivity index (χ3n) is 3.09. The maximum Gasteiger partial charge on any atom is 0.108 e. The minimum atomic E-state index is 0.718. The second-order valence-electron chi connectivity index (χ2n) is 4.47. The Morgan fingerprint density at radius 3 is 2.89 bits per heavy atom. The van der Waals surface area contributed by atoms with Crippen molar-refractivity contribution >= 4 is 0 Å². The van der Waals surface area contributed by atoms with E-state index in [0.29, 0.717) is 0 Å². The molecule has 1 aromatic heterocycles. The molecule has 3 heteroatoms. The molecule has 0 N–H and O–H groups in total. The van der Waals surface area contributed by atoms with Crippen molar-refractivity contribution in [1.29, 1.82) is 5.26 Å². The molecule has 0 aliphatic rings. The van der Waals surface area contributed by atoms with Gasteiger partial charge in [-0.2, -0.15) is 5.26 Å². The SMILES string of the molecule is CCCc1nccn1Cc1ccc(C#N)cc1C. The molecule has 0 aliphatic heterocycles. The Morgan fingerprint density at radius 1 is 1.39 bits per heavy atom. The van der Waals surface area contributed by atoms with E-state index >= 15 is 0 Å². The summed E-state index contributed by atoms with van der Waals surface area (Å²) in [5.41, 5.74) is 3.12. The van der Waals surface area contributed by atoms with Crippen molar-refractivity contribution in [3.63, 3.8) is 0 Å². The fourth-order valence-electron chi connectivity index (χ4n) is 2.06. The Hall–Kier alpha value is -2.08. The number of benzene rings is 1. The minimum Gasteiger partial charge on any atom is -0.331 e. The van der Waals surface area contributed by atoms with Crippen molar-refractivity contribution in [3.05, 3.63) is 53.1 Å². The summed E-state index contributed by atoms with van der Waals surface area (Å²) in [7, 11) is 0. The molecule has 1 aromatic carbocycles. The van der Waals surface area contributed by atoms with Gasteiger partial charge in [-0.3, -0.25) is 0 Å². The molecule has 18 heavy (non-hydrogen) atoms. The lowest BCUT2D eigenvalue weighted by Crippen LogP contribution is -2.05. The van der Waals surface area contributed by atoms with Gasteiger partial charge in [0.15, 0.2) is 0 Å². The maximum absolute atomic E-state index is 8.86. The van der Waals surface area contributed by atoms with Gasteiger partial charge in [0.1, 0.15) is 5.82 Å². The van der Waals surface area contributed by atoms with Crippen molar-refractivity contribution in [2.45, 2.75) is 33.2 Å². The van der Waals surface area contributed by atoms with Crippen molar-refractivity contribution in [2.75, 3.05) is 0 Å². The average Bonchev–Trinajstić information content (AvgIpc) is 2.80. The number of hydrogen-bond donors (Lipinski definition) is 0. The molecule has 0 fully saturated rings. The van der Waals surface area contributed by atoms with E-state index in [-0.39, 0.29) is 0 Å². The van der Waals surface area contributed by atoms with Crippen molar-refractivity contribution in [1.82, 2.24) is 9.55 Å². The van der Waals surface area contributed by atoms with Gasteiger partial charge in [-0.25, -0.2) is 4.98 Å². The first kappa shape index (κ1) is 12.4. The van der Waals surface area contributed by atoms with Gasteiger partial charge in [0.25, 0.3) is 0 Å². The van der Waals surface area contributed by atoms with Crippen LogP contribution in [0.1, 0.15) is 35.9 Å². The maximum atomic E-state index is 8.86. The molecule has 3 nitrogen and oxygen atoms in total. The van der Waals surface area contributed by atoms with Crippen molar-refractivity contribution < 1.29 is 0 Å². The second kappa shape index (κ2) is 5.50. The molecule has 0 bridgehead atoms. The predicted molar refractivity (Wildman–Crippen MR) is 71.2 cm³/mol. The van der Waals surface area contributed by atoms with Gasteiger partial charge < -0.3 is 4.57 Å². The molecular formula is C15H17N3. The first-order chi connectivity index (χ1) is 8.74. The zero-order chi connectivity index (χ0) is 13.0. The fraction of sp³-hybridized carbons (Fsp3) is 0.333. The molecule has 1 heterocycles. The Balaban J connectivity index is 2.23. The minimum absolute atomic E-state index is 0.718. The third-order valence-corrected chi connectivity index (χ3v) is 3.09. The van der Waals surface area contributed by atoms with Crippen LogP contribution in [0, 0.1) is 18.3 Å². The smallest absolute Gasteiger partial charge is 0.108 e. The number of imidazole rings is 1. The number of hydrogen-bond acceptors (Lipinski definition) is 2. The van der Waals surface area contributed by atoms with Gasteiger partial charge >= 0.3 is 0 Å². The fourth-order valence-corrected chi connectivity index (χ4v) is 2.06. The molecule has 0 saturated heterocycles. The number of aromatic nitrogens is 2. The summed E-state index contributed by atoms with van der Waals surface area (Å²) >= 11 is 0. The molecule has 92 valence electrons. The highest BCUT2D eigenvalue weighted by atomic mass is 15.1. The van der Waals surface area contributed by atoms with E-state index in [1.54, 1.807) is 0 Å². The van der Waals surface area contributed by atoms with E-state index in [4.69, 9.17) is 5.26 Å². The van der Waals surface area contributed by atoms with Crippen LogP contribution in [0.4, 0.5) is 0 Å². The van der Waals surface area contributed by atoms with Crippen LogP contribution >= 0.6 is 0 Å². The second-order valence-corrected chi connectivity index (χ2v) is 4.47. The summed E-state index contributed by atoms with van der Waals surface area (Å²) in [5, 5.41) is 8.86. The number of nitrogens with zero attached hydrogens (tertiary/aromatic N) is 3. The lowest BCUT2D eigenvalue weighted by Gasteiger charge is -2.10. The molecule has 0 aliphatic carbocycles. The molecule has 0 unspecified atom stereocenters. The van der Waals surface area contributed by atoms with Crippen LogP contribution < -0.4 is 0 Å². The van der Waals surface area contributed by atoms with Gasteiger partial charge in [0.2, 0.25) is 0 Å². The zero-order valence-electron chi connectivity index (χ0n) is 10.8. The van der Waals surface area contributed by atoms with Crippen LogP contribution in [0.3, 0.4) is 0 Å². The Bertz CT molecular complexity index is 576. The van der Waals surface area contributed by atoms with Crippen LogP contribution in [0.25, 0.3) is 0 Å². The number of aryl methyl sites for hydroxylation is 2. The van der Waals surface area contributed by atoms with Crippen molar-refractivity contribution in [3.8, 4) is 6.07 Å². The van der Waals surface area contributed by atoms with Gasteiger partial charge in [0, 0.05) is 25.4 Å². The van der Waals surface area contributed by atoms with Gasteiger partial charge in [-0.15, -0.1) is 0 Å². The summed E-state index contributed by atoms with van der Waals surface area (Å²) < 4.78 is 2.18. The standard InChI is InChI=1S/C15H17N3/c1-3-4-15-17-7-8-18(15)11-14-6-5-13(10-16)9-12(14)2/h5-9H,3-4,11H2,1-2H3. The molecular weight excluding hydrogens is 222 g/mol. The number of nitriles is 1. The van der Waals surface area contributed by atoms with Crippen LogP contribution in [0.15, 0.2) is 30.6 Å². The average molecular weight is 239 g/mol. The highest BCUT2D eigenvalue weighted by Gasteiger charge is 2.05. The summed E-state index contributed by atoms with van der Waals surface area (Å²) in [4.78, 5) is 4.38. The molecule has 2 aromatic rings. The summed E-state index contributed by atoms with van der Waals surface area (Å²) in [5.74, 6) is 1.13. The van der Waals surface area contributed by atoms with E-state index in [1.807, 2.05) is 37.5 Å². The zero-order valence-corrected chi connectivity index (χ0v) is 10.8. The van der Waals surface area contributed by atoms with E-state index in [1.165, 1.54) is 5.56 Å². The lowest BCUT2D eigenvalue weighted by molar-refractivity contribution is 0.703. The van der Waals surface area contributed by atoms with Gasteiger partial charge in [-0.05, 0) is 36.6 Å². The van der Waals surface area contributed by atoms with Crippen LogP contribution in [0.2, 0.25) is 0 Å². The van der Waals surface area contributed by atoms with E-state index in [0.717, 1.165) is 36.3 Å². The van der Waals surface area contributed by atoms with Crippen LogP contribution in [-0.4, -0.2) is 9.55 Å². The summed E-state index contributed by atoms with van der Waals surface area (Å²) in [6.07, 6.45) is 5.97. The lowest BCUT2D eigenvalue weighted by atomic mass is 10.1. The highest BCUT2D eigenvalue weighted by molar-refractivity contribution is 5.37. The molecule has 2 rings (SSSR count). The summed E-state index contributed by atoms with van der Waals surface area (Å²) in [6.45, 7) is 5.03. The quantitative estimate of drug-likeness (QED) is 0.822. The predicted octanol–water partition coefficient (Wildman–Crippen LogP) is 3.06. The Labute approximate surface area is 108 Å². The monoisotopic (exact) mass is 239 g/mol. The largest absolute Gasteiger partial charge is 0.331 e. The van der Waals surface area contributed by atoms with Crippen LogP contribution in [-0.2, 0) is 13.0 Å². The number of rotatable bonds is 4. The third kappa shape index (κ3) is 2.60. The topological polar surface area (TPSA) is 41.6 Å². The Kier molecular flexibility index (Phi) is 3.78. The molecule has 0 spiro atoms. The summed E-state index contributed by atoms with van der Waals surface area (Å²) in [6, 6.07) is 8.01. The first-order valence-corrected chi connectivity index (χ1v) is 6.24. The highest BCUT2D eigenvalue weighted by Crippen LogP contribution is 2.13. The Morgan fingerprint density at radius 2 is 2.22 bits per heavy atom. The van der Waals surface area contributed by atoms with Gasteiger partial charge in [0.05, 0.1) is 11.6 Å². The molecule has 0 atom stereocenters. The van der Waals surface area contributed by atoms with E-state index in [9.17, 15) is 0 Å². The normalized spacial score (nSPS) is 10.3. The van der Waals surface area contributed by atoms with Gasteiger partial charge in [-0.1, -0.05) is 13.0 Å². The first-order valence-electron chi connectivity index (χ1n) is 6.24. The van der Waals surface area contributed by atoms with Crippen molar-refractivity contribution in [2.24, 2.45) is 0 Å². The van der Waals surface area contributed by atoms with E-state index in [2.05, 4.69) is 22.5 Å². The van der Waals surface area contributed by atoms with E-state index < -0.39 is 0 Å². The molecule has 0 amide bonds. The van der Waals surface area contributed by atoms with Crippen LogP contribution in [0.5, 0.6) is 0 Å². The molecule has 0 radical (unpaired) electrons. The molecule has 0 saturated carbocycles.